The van der Waals surface area contributed by atoms with Gasteiger partial charge in [0.05, 0.1) is 22.7 Å². The smallest absolute Gasteiger partial charge is 0.195 e. The first-order chi connectivity index (χ1) is 14.4. The first-order valence-electron chi connectivity index (χ1n) is 9.67. The summed E-state index contributed by atoms with van der Waals surface area (Å²) in [5, 5.41) is 5.78. The van der Waals surface area contributed by atoms with Gasteiger partial charge in [0, 0.05) is 36.1 Å². The number of halogens is 1. The maximum absolute atomic E-state index is 12.4. The average molecular weight is 446 g/mol. The Morgan fingerprint density at radius 2 is 2.07 bits per heavy atom. The van der Waals surface area contributed by atoms with Gasteiger partial charge in [0.2, 0.25) is 0 Å². The largest absolute Gasteiger partial charge is 0.381 e. The number of aromatic nitrogens is 5. The highest BCUT2D eigenvalue weighted by atomic mass is 35.5. The van der Waals surface area contributed by atoms with Crippen LogP contribution in [0.3, 0.4) is 0 Å². The second-order valence-electron chi connectivity index (χ2n) is 7.59. The molecule has 4 aromatic rings. The van der Waals surface area contributed by atoms with Crippen LogP contribution < -0.4 is 0 Å². The molecule has 0 radical (unpaired) electrons. The van der Waals surface area contributed by atoms with Crippen LogP contribution in [0.15, 0.2) is 41.7 Å². The van der Waals surface area contributed by atoms with E-state index < -0.39 is 9.84 Å². The Labute approximate surface area is 178 Å². The van der Waals surface area contributed by atoms with Crippen LogP contribution in [0, 0.1) is 5.92 Å². The highest BCUT2D eigenvalue weighted by Crippen LogP contribution is 2.36. The van der Waals surface area contributed by atoms with Gasteiger partial charge >= 0.3 is 0 Å². The van der Waals surface area contributed by atoms with E-state index in [1.165, 1.54) is 6.26 Å². The van der Waals surface area contributed by atoms with Gasteiger partial charge in [-0.3, -0.25) is 9.67 Å². The molecule has 1 N–H and O–H groups in total. The minimum atomic E-state index is -3.52. The number of rotatable bonds is 4. The maximum atomic E-state index is 12.4. The summed E-state index contributed by atoms with van der Waals surface area (Å²) in [5.74, 6) is 0.887. The summed E-state index contributed by atoms with van der Waals surface area (Å²) < 4.78 is 32.2. The number of nitrogens with zero attached hydrogens (tertiary/aromatic N) is 4. The van der Waals surface area contributed by atoms with E-state index in [9.17, 15) is 8.42 Å². The third-order valence-electron chi connectivity index (χ3n) is 5.55. The Kier molecular flexibility index (Phi) is 4.76. The fourth-order valence-electron chi connectivity index (χ4n) is 4.15. The molecule has 1 fully saturated rings. The molecule has 8 nitrogen and oxygen atoms in total. The zero-order valence-electron chi connectivity index (χ0n) is 16.2. The van der Waals surface area contributed by atoms with Crippen molar-refractivity contribution in [3.8, 4) is 0 Å². The van der Waals surface area contributed by atoms with Gasteiger partial charge in [0.1, 0.15) is 11.9 Å². The van der Waals surface area contributed by atoms with Gasteiger partial charge in [-0.15, -0.1) is 0 Å². The van der Waals surface area contributed by atoms with Gasteiger partial charge in [-0.25, -0.2) is 13.4 Å². The molecule has 0 saturated carbocycles. The minimum absolute atomic E-state index is 0.0520. The van der Waals surface area contributed by atoms with Crippen LogP contribution in [0.2, 0.25) is 5.02 Å². The predicted molar refractivity (Wildman–Crippen MR) is 113 cm³/mol. The van der Waals surface area contributed by atoms with Crippen molar-refractivity contribution in [2.45, 2.75) is 23.9 Å². The fraction of sp³-hybridized carbons (Fsp3) is 0.350. The van der Waals surface area contributed by atoms with Crippen LogP contribution >= 0.6 is 11.6 Å². The Hall–Kier alpha value is -2.49. The van der Waals surface area contributed by atoms with E-state index in [0.717, 1.165) is 23.9 Å². The van der Waals surface area contributed by atoms with Crippen LogP contribution in [0.25, 0.3) is 21.9 Å². The normalized spacial score (nSPS) is 17.0. The Morgan fingerprint density at radius 3 is 2.83 bits per heavy atom. The number of sulfone groups is 1. The minimum Gasteiger partial charge on any atom is -0.381 e. The zero-order chi connectivity index (χ0) is 20.9. The molecule has 156 valence electrons. The second-order valence-corrected chi connectivity index (χ2v) is 9.96. The molecule has 0 amide bonds. The molecule has 1 aliphatic rings. The number of aromatic amines is 1. The van der Waals surface area contributed by atoms with Crippen molar-refractivity contribution in [3.05, 3.63) is 47.5 Å². The van der Waals surface area contributed by atoms with Crippen molar-refractivity contribution in [2.75, 3.05) is 19.5 Å². The molecule has 0 aliphatic carbocycles. The molecule has 1 atom stereocenters. The standard InChI is InChI=1S/C20H20ClN5O3S/c1-30(27,28)20-14-4-7-22-11-17(14)26(25-20)18(12-5-8-29-9-6-12)19-23-15-3-2-13(21)10-16(15)24-19/h2-4,7,10-12,18H,5-6,8-9H2,1H3,(H,23,24). The lowest BCUT2D eigenvalue weighted by atomic mass is 9.91. The molecule has 1 saturated heterocycles. The van der Waals surface area contributed by atoms with Gasteiger partial charge in [0.15, 0.2) is 14.9 Å². The molecule has 1 aromatic carbocycles. The Balaban J connectivity index is 1.75. The van der Waals surface area contributed by atoms with Crippen LogP contribution in [0.5, 0.6) is 0 Å². The molecule has 10 heteroatoms. The van der Waals surface area contributed by atoms with E-state index in [4.69, 9.17) is 21.3 Å². The zero-order valence-corrected chi connectivity index (χ0v) is 17.8. The summed E-state index contributed by atoms with van der Waals surface area (Å²) in [5.41, 5.74) is 2.28. The monoisotopic (exact) mass is 445 g/mol. The molecule has 30 heavy (non-hydrogen) atoms. The average Bonchev–Trinajstić information content (AvgIpc) is 3.31. The van der Waals surface area contributed by atoms with Crippen LogP contribution in [0.1, 0.15) is 24.7 Å². The fourth-order valence-corrected chi connectivity index (χ4v) is 5.12. The third-order valence-corrected chi connectivity index (χ3v) is 6.79. The molecule has 0 bridgehead atoms. The highest BCUT2D eigenvalue weighted by Gasteiger charge is 2.33. The first kappa shape index (κ1) is 19.5. The summed E-state index contributed by atoms with van der Waals surface area (Å²) in [7, 11) is -3.52. The van der Waals surface area contributed by atoms with E-state index in [2.05, 4.69) is 15.1 Å². The van der Waals surface area contributed by atoms with E-state index in [0.29, 0.717) is 35.0 Å². The molecule has 1 aliphatic heterocycles. The van der Waals surface area contributed by atoms with Crippen molar-refractivity contribution in [1.29, 1.82) is 0 Å². The number of pyridine rings is 1. The van der Waals surface area contributed by atoms with Crippen LogP contribution in [0.4, 0.5) is 0 Å². The third kappa shape index (κ3) is 3.36. The summed E-state index contributed by atoms with van der Waals surface area (Å²) in [6.07, 6.45) is 6.04. The van der Waals surface area contributed by atoms with Gasteiger partial charge in [-0.2, -0.15) is 5.10 Å². The van der Waals surface area contributed by atoms with Gasteiger partial charge < -0.3 is 9.72 Å². The molecular weight excluding hydrogens is 426 g/mol. The molecule has 1 unspecified atom stereocenters. The summed E-state index contributed by atoms with van der Waals surface area (Å²) in [6, 6.07) is 6.91. The number of H-pyrrole nitrogens is 1. The molecule has 3 aromatic heterocycles. The number of fused-ring (bicyclic) bond motifs is 2. The van der Waals surface area contributed by atoms with Gasteiger partial charge in [-0.05, 0) is 43.0 Å². The molecule has 0 spiro atoms. The van der Waals surface area contributed by atoms with Crippen LogP contribution in [-0.4, -0.2) is 52.6 Å². The molecule has 5 rings (SSSR count). The number of ether oxygens (including phenoxy) is 1. The summed E-state index contributed by atoms with van der Waals surface area (Å²) >= 11 is 6.14. The lowest BCUT2D eigenvalue weighted by Gasteiger charge is -2.29. The molecular formula is C20H20ClN5O3S. The van der Waals surface area contributed by atoms with Crippen molar-refractivity contribution >= 4 is 43.4 Å². The summed E-state index contributed by atoms with van der Waals surface area (Å²) in [4.78, 5) is 12.4. The lowest BCUT2D eigenvalue weighted by Crippen LogP contribution is -2.28. The number of nitrogens with one attached hydrogen (secondary N) is 1. The quantitative estimate of drug-likeness (QED) is 0.516. The topological polar surface area (TPSA) is 103 Å². The van der Waals surface area contributed by atoms with Crippen molar-refractivity contribution in [1.82, 2.24) is 24.7 Å². The Morgan fingerprint density at radius 1 is 1.27 bits per heavy atom. The second kappa shape index (κ2) is 7.33. The van der Waals surface area contributed by atoms with Gasteiger partial charge in [-0.1, -0.05) is 11.6 Å². The van der Waals surface area contributed by atoms with Gasteiger partial charge in [0.25, 0.3) is 0 Å². The summed E-state index contributed by atoms with van der Waals surface area (Å²) in [6.45, 7) is 1.28. The number of benzene rings is 1. The van der Waals surface area contributed by atoms with Crippen molar-refractivity contribution in [2.24, 2.45) is 5.92 Å². The van der Waals surface area contributed by atoms with E-state index in [-0.39, 0.29) is 17.0 Å². The van der Waals surface area contributed by atoms with E-state index in [1.54, 1.807) is 23.1 Å². The Bertz CT molecular complexity index is 1340. The lowest BCUT2D eigenvalue weighted by molar-refractivity contribution is 0.0521. The van der Waals surface area contributed by atoms with Crippen LogP contribution in [-0.2, 0) is 14.6 Å². The highest BCUT2D eigenvalue weighted by molar-refractivity contribution is 7.90. The number of hydrogen-bond acceptors (Lipinski definition) is 6. The van der Waals surface area contributed by atoms with E-state index >= 15 is 0 Å². The molecule has 4 heterocycles. The first-order valence-corrected chi connectivity index (χ1v) is 11.9. The number of imidazole rings is 1. The van der Waals surface area contributed by atoms with E-state index in [1.807, 2.05) is 18.2 Å². The predicted octanol–water partition coefficient (Wildman–Crippen LogP) is 3.38. The number of hydrogen-bond donors (Lipinski definition) is 1. The van der Waals surface area contributed by atoms with Crippen molar-refractivity contribution in [3.63, 3.8) is 0 Å². The maximum Gasteiger partial charge on any atom is 0.195 e. The van der Waals surface area contributed by atoms with Crippen molar-refractivity contribution < 1.29 is 13.2 Å². The SMILES string of the molecule is CS(=O)(=O)c1nn(C(c2nc3cc(Cl)ccc3[nH]2)C2CCOCC2)c2cnccc12.